The lowest BCUT2D eigenvalue weighted by Crippen LogP contribution is -2.47. The summed E-state index contributed by atoms with van der Waals surface area (Å²) in [6.45, 7) is 6.46. The fourth-order valence-corrected chi connectivity index (χ4v) is 5.56. The SMILES string of the molecule is Nc1nc2c(c(N3CCN(CCCCOCc4nn[nH]n4)CC3)n1)CCc1cc(OCc3ccc(Cl)cc3)ccc1-2.O=C(O)C(F)(F)F.O=C(O)C(F)(F)F. The van der Waals surface area contributed by atoms with Crippen molar-refractivity contribution in [3.8, 4) is 17.0 Å². The Bertz CT molecular complexity index is 1840. The summed E-state index contributed by atoms with van der Waals surface area (Å²) >= 11 is 6.00. The molecule has 0 saturated carbocycles. The van der Waals surface area contributed by atoms with E-state index in [-0.39, 0.29) is 0 Å². The highest BCUT2D eigenvalue weighted by Crippen LogP contribution is 2.38. The molecule has 4 aromatic rings. The summed E-state index contributed by atoms with van der Waals surface area (Å²) < 4.78 is 75.2. The van der Waals surface area contributed by atoms with Crippen LogP contribution in [-0.2, 0) is 40.4 Å². The minimum absolute atomic E-state index is 0.318. The first-order valence-corrected chi connectivity index (χ1v) is 16.9. The number of tetrazole rings is 1. The number of aromatic nitrogens is 6. The van der Waals surface area contributed by atoms with E-state index >= 15 is 0 Å². The molecule has 1 fully saturated rings. The van der Waals surface area contributed by atoms with Gasteiger partial charge in [-0.15, -0.1) is 10.2 Å². The minimum Gasteiger partial charge on any atom is -0.489 e. The number of aryl methyl sites for hydroxylation is 1. The van der Waals surface area contributed by atoms with Crippen molar-refractivity contribution in [1.29, 1.82) is 0 Å². The van der Waals surface area contributed by atoms with Gasteiger partial charge in [0.05, 0.1) is 5.69 Å². The molecule has 0 spiro atoms. The maximum Gasteiger partial charge on any atom is 0.490 e. The van der Waals surface area contributed by atoms with Crippen molar-refractivity contribution in [3.63, 3.8) is 0 Å². The van der Waals surface area contributed by atoms with Gasteiger partial charge in [-0.3, -0.25) is 4.90 Å². The Hall–Kier alpha value is -5.28. The number of carbonyl (C=O) groups is 2. The van der Waals surface area contributed by atoms with E-state index < -0.39 is 24.3 Å². The van der Waals surface area contributed by atoms with Crippen LogP contribution in [0.2, 0.25) is 5.02 Å². The number of nitrogens with two attached hydrogens (primary N) is 1. The standard InChI is InChI=1S/C29H34ClN9O2.2C2HF3O2/c30-22-6-3-20(4-7-22)18-41-23-8-10-24-21(17-23)5-9-25-27(24)32-29(31)33-28(25)39-14-12-38(13-15-39)11-1-2-16-40-19-26-34-36-37-35-26;2*3-2(4,5)1(6)7/h3-4,6-8,10,17H,1-2,5,9,11-16,18-19H2,(H2,31,32,33)(H,34,35,36,37);2*(H,6,7). The van der Waals surface area contributed by atoms with Crippen molar-refractivity contribution in [3.05, 3.63) is 70.0 Å². The van der Waals surface area contributed by atoms with Crippen molar-refractivity contribution in [2.24, 2.45) is 0 Å². The van der Waals surface area contributed by atoms with Gasteiger partial charge in [0.1, 0.15) is 24.8 Å². The number of nitrogens with zero attached hydrogens (tertiary/aromatic N) is 7. The smallest absolute Gasteiger partial charge is 0.489 e. The Kier molecular flexibility index (Phi) is 14.9. The molecule has 1 aliphatic heterocycles. The Morgan fingerprint density at radius 2 is 1.55 bits per heavy atom. The molecule has 55 heavy (non-hydrogen) atoms. The molecule has 0 radical (unpaired) electrons. The van der Waals surface area contributed by atoms with Crippen LogP contribution in [-0.4, -0.2) is 109 Å². The van der Waals surface area contributed by atoms with Gasteiger partial charge in [0.15, 0.2) is 5.82 Å². The number of hydrogen-bond acceptors (Lipinski definition) is 12. The van der Waals surface area contributed by atoms with E-state index in [9.17, 15) is 26.3 Å². The molecule has 0 bridgehead atoms. The molecule has 6 rings (SSSR count). The zero-order chi connectivity index (χ0) is 40.2. The Balaban J connectivity index is 0.000000410. The highest BCUT2D eigenvalue weighted by atomic mass is 35.5. The van der Waals surface area contributed by atoms with E-state index in [0.29, 0.717) is 31.6 Å². The molecule has 0 amide bonds. The van der Waals surface area contributed by atoms with Crippen molar-refractivity contribution >= 4 is 35.3 Å². The van der Waals surface area contributed by atoms with E-state index in [0.717, 1.165) is 91.8 Å². The molecular weight excluding hydrogens is 768 g/mol. The number of carboxylic acids is 2. The number of aromatic amines is 1. The fourth-order valence-electron chi connectivity index (χ4n) is 5.44. The molecule has 1 aliphatic carbocycles. The van der Waals surface area contributed by atoms with Gasteiger partial charge < -0.3 is 30.3 Å². The molecule has 3 heterocycles. The summed E-state index contributed by atoms with van der Waals surface area (Å²) in [5.74, 6) is -2.78. The second-order valence-electron chi connectivity index (χ2n) is 12.0. The lowest BCUT2D eigenvalue weighted by molar-refractivity contribution is -0.193. The number of H-pyrrole nitrogens is 1. The molecule has 2 aliphatic rings. The number of benzene rings is 2. The van der Waals surface area contributed by atoms with Gasteiger partial charge in [0.25, 0.3) is 0 Å². The summed E-state index contributed by atoms with van der Waals surface area (Å²) in [6, 6.07) is 14.0. The number of nitrogens with one attached hydrogen (secondary N) is 1. The molecular formula is C33H36ClF6N9O6. The van der Waals surface area contributed by atoms with E-state index in [1.54, 1.807) is 0 Å². The average Bonchev–Trinajstić information content (AvgIpc) is 3.66. The zero-order valence-corrected chi connectivity index (χ0v) is 29.7. The van der Waals surface area contributed by atoms with Crippen LogP contribution in [0.4, 0.5) is 38.1 Å². The van der Waals surface area contributed by atoms with E-state index in [2.05, 4.69) is 47.5 Å². The van der Waals surface area contributed by atoms with Crippen molar-refractivity contribution < 1.29 is 55.6 Å². The van der Waals surface area contributed by atoms with Crippen LogP contribution in [0.15, 0.2) is 42.5 Å². The number of fused-ring (bicyclic) bond motifs is 3. The number of piperazine rings is 1. The highest BCUT2D eigenvalue weighted by Gasteiger charge is 2.39. The van der Waals surface area contributed by atoms with Gasteiger partial charge in [-0.05, 0) is 73.7 Å². The molecule has 0 atom stereocenters. The number of hydrogen-bond donors (Lipinski definition) is 4. The van der Waals surface area contributed by atoms with Crippen LogP contribution in [0.25, 0.3) is 11.3 Å². The van der Waals surface area contributed by atoms with Crippen LogP contribution in [0.1, 0.15) is 35.4 Å². The summed E-state index contributed by atoms with van der Waals surface area (Å²) in [7, 11) is 0. The van der Waals surface area contributed by atoms with Gasteiger partial charge in [0, 0.05) is 48.9 Å². The topological polar surface area (TPSA) is 206 Å². The number of nitrogen functional groups attached to an aromatic ring is 1. The predicted octanol–water partition coefficient (Wildman–Crippen LogP) is 4.96. The van der Waals surface area contributed by atoms with Gasteiger partial charge in [0.2, 0.25) is 5.95 Å². The average molecular weight is 804 g/mol. The van der Waals surface area contributed by atoms with Crippen LogP contribution in [0.5, 0.6) is 5.75 Å². The highest BCUT2D eigenvalue weighted by molar-refractivity contribution is 6.30. The first-order valence-electron chi connectivity index (χ1n) is 16.6. The third-order valence-electron chi connectivity index (χ3n) is 8.09. The number of anilines is 2. The molecule has 0 unspecified atom stereocenters. The van der Waals surface area contributed by atoms with Gasteiger partial charge in [-0.1, -0.05) is 28.9 Å². The molecule has 2 aromatic heterocycles. The van der Waals surface area contributed by atoms with Gasteiger partial charge in [-0.25, -0.2) is 14.6 Å². The second kappa shape index (κ2) is 19.4. The van der Waals surface area contributed by atoms with Gasteiger partial charge in [-0.2, -0.15) is 36.5 Å². The van der Waals surface area contributed by atoms with Crippen molar-refractivity contribution in [2.75, 3.05) is 50.0 Å². The summed E-state index contributed by atoms with van der Waals surface area (Å²) in [5, 5.41) is 28.7. The number of ether oxygens (including phenoxy) is 2. The molecule has 298 valence electrons. The van der Waals surface area contributed by atoms with Crippen molar-refractivity contribution in [1.82, 2.24) is 35.5 Å². The van der Waals surface area contributed by atoms with Crippen LogP contribution >= 0.6 is 11.6 Å². The van der Waals surface area contributed by atoms with E-state index in [4.69, 9.17) is 51.6 Å². The monoisotopic (exact) mass is 803 g/mol. The Labute approximate surface area is 314 Å². The van der Waals surface area contributed by atoms with Crippen LogP contribution in [0, 0.1) is 0 Å². The Morgan fingerprint density at radius 1 is 0.891 bits per heavy atom. The maximum absolute atomic E-state index is 10.6. The first kappa shape index (κ1) is 42.5. The number of halogens is 7. The predicted molar refractivity (Wildman–Crippen MR) is 184 cm³/mol. The third-order valence-corrected chi connectivity index (χ3v) is 8.34. The molecule has 5 N–H and O–H groups in total. The molecule has 15 nitrogen and oxygen atoms in total. The third kappa shape index (κ3) is 13.2. The molecule has 2 aromatic carbocycles. The lowest BCUT2D eigenvalue weighted by Gasteiger charge is -2.37. The zero-order valence-electron chi connectivity index (χ0n) is 28.9. The van der Waals surface area contributed by atoms with Crippen LogP contribution in [0.3, 0.4) is 0 Å². The van der Waals surface area contributed by atoms with E-state index in [1.807, 2.05) is 30.3 Å². The summed E-state index contributed by atoms with van der Waals surface area (Å²) in [4.78, 5) is 32.1. The summed E-state index contributed by atoms with van der Waals surface area (Å²) in [6.07, 6.45) is -6.29. The summed E-state index contributed by atoms with van der Waals surface area (Å²) in [5.41, 5.74) is 11.8. The minimum atomic E-state index is -5.08. The fraction of sp³-hybridized carbons (Fsp3) is 0.424. The molecule has 1 saturated heterocycles. The number of aliphatic carboxylic acids is 2. The normalized spacial score (nSPS) is 14.1. The second-order valence-corrected chi connectivity index (χ2v) is 12.4. The quantitative estimate of drug-likeness (QED) is 0.117. The molecule has 22 heteroatoms. The largest absolute Gasteiger partial charge is 0.490 e. The first-order chi connectivity index (χ1) is 26.0. The van der Waals surface area contributed by atoms with Crippen molar-refractivity contribution in [2.45, 2.75) is 51.2 Å². The number of unbranched alkanes of at least 4 members (excludes halogenated alkanes) is 1. The van der Waals surface area contributed by atoms with Crippen LogP contribution < -0.4 is 15.4 Å². The number of rotatable bonds is 11. The number of alkyl halides is 6. The number of carboxylic acid groups (broad SMARTS) is 2. The van der Waals surface area contributed by atoms with E-state index in [1.165, 1.54) is 11.1 Å². The lowest BCUT2D eigenvalue weighted by atomic mass is 9.88. The maximum atomic E-state index is 10.6. The Morgan fingerprint density at radius 3 is 2.15 bits per heavy atom. The van der Waals surface area contributed by atoms with Gasteiger partial charge >= 0.3 is 24.3 Å².